The second-order valence-corrected chi connectivity index (χ2v) is 5.41. The van der Waals surface area contributed by atoms with Crippen LogP contribution in [0, 0.1) is 0 Å². The Kier molecular flexibility index (Phi) is 16.6. The van der Waals surface area contributed by atoms with E-state index in [2.05, 4.69) is 12.6 Å². The van der Waals surface area contributed by atoms with E-state index in [-0.39, 0.29) is 6.61 Å². The van der Waals surface area contributed by atoms with Gasteiger partial charge in [-0.25, -0.2) is 4.79 Å². The second kappa shape index (κ2) is 16.8. The van der Waals surface area contributed by atoms with Crippen LogP contribution in [-0.4, -0.2) is 43.3 Å². The van der Waals surface area contributed by atoms with Crippen LogP contribution in [0.3, 0.4) is 0 Å². The van der Waals surface area contributed by atoms with E-state index in [1.807, 2.05) is 0 Å². The molecule has 0 heterocycles. The summed E-state index contributed by atoms with van der Waals surface area (Å²) in [6.45, 7) is 1.35. The van der Waals surface area contributed by atoms with Gasteiger partial charge < -0.3 is 14.6 Å². The molecule has 0 aromatic heterocycles. The van der Waals surface area contributed by atoms with Crippen LogP contribution < -0.4 is 0 Å². The Morgan fingerprint density at radius 1 is 0.750 bits per heavy atom. The van der Waals surface area contributed by atoms with Crippen LogP contribution in [-0.2, 0) is 14.3 Å². The molecule has 120 valence electrons. The van der Waals surface area contributed by atoms with Crippen LogP contribution >= 0.6 is 12.6 Å². The smallest absolute Gasteiger partial charge is 0.329 e. The van der Waals surface area contributed by atoms with Crippen molar-refractivity contribution in [1.29, 1.82) is 0 Å². The third-order valence-corrected chi connectivity index (χ3v) is 3.36. The Morgan fingerprint density at radius 3 is 1.80 bits per heavy atom. The van der Waals surface area contributed by atoms with Crippen LogP contribution in [0.25, 0.3) is 0 Å². The van der Waals surface area contributed by atoms with E-state index in [1.165, 1.54) is 51.4 Å². The number of carbonyl (C=O) groups is 1. The van der Waals surface area contributed by atoms with Gasteiger partial charge in [-0.3, -0.25) is 0 Å². The third-order valence-electron chi connectivity index (χ3n) is 3.04. The van der Waals surface area contributed by atoms with E-state index in [0.29, 0.717) is 13.2 Å². The quantitative estimate of drug-likeness (QED) is 0.338. The summed E-state index contributed by atoms with van der Waals surface area (Å²) in [5.41, 5.74) is 0. The first-order chi connectivity index (χ1) is 9.77. The fourth-order valence-electron chi connectivity index (χ4n) is 1.93. The van der Waals surface area contributed by atoms with Gasteiger partial charge in [0.05, 0.1) is 13.2 Å². The van der Waals surface area contributed by atoms with Gasteiger partial charge in [-0.2, -0.15) is 12.6 Å². The SMILES string of the molecule is O=C(O)COCCOCCCCCCCCCCCS. The zero-order valence-electron chi connectivity index (χ0n) is 12.5. The summed E-state index contributed by atoms with van der Waals surface area (Å²) in [6.07, 6.45) is 11.5. The molecule has 0 saturated heterocycles. The normalized spacial score (nSPS) is 10.8. The molecule has 0 aliphatic heterocycles. The summed E-state index contributed by atoms with van der Waals surface area (Å²) in [5, 5.41) is 8.35. The van der Waals surface area contributed by atoms with E-state index in [4.69, 9.17) is 14.6 Å². The lowest BCUT2D eigenvalue weighted by Gasteiger charge is -2.04. The Hall–Kier alpha value is -0.260. The number of carboxylic acids is 1. The Balaban J connectivity index is 2.94. The fourth-order valence-corrected chi connectivity index (χ4v) is 2.16. The van der Waals surface area contributed by atoms with E-state index >= 15 is 0 Å². The molecule has 0 fully saturated rings. The van der Waals surface area contributed by atoms with Crippen LogP contribution in [0.4, 0.5) is 0 Å². The van der Waals surface area contributed by atoms with Crippen molar-refractivity contribution in [1.82, 2.24) is 0 Å². The number of thiol groups is 1. The average Bonchev–Trinajstić information content (AvgIpc) is 2.43. The number of unbranched alkanes of at least 4 members (excludes halogenated alkanes) is 8. The molecular weight excluding hydrogens is 276 g/mol. The maximum Gasteiger partial charge on any atom is 0.329 e. The fraction of sp³-hybridized carbons (Fsp3) is 0.933. The number of ether oxygens (including phenoxy) is 2. The van der Waals surface area contributed by atoms with Gasteiger partial charge >= 0.3 is 5.97 Å². The van der Waals surface area contributed by atoms with Gasteiger partial charge in [-0.05, 0) is 18.6 Å². The highest BCUT2D eigenvalue weighted by atomic mass is 32.1. The maximum absolute atomic E-state index is 10.2. The molecule has 5 heteroatoms. The minimum atomic E-state index is -0.935. The lowest BCUT2D eigenvalue weighted by Crippen LogP contribution is -2.11. The molecule has 0 aliphatic rings. The molecule has 0 radical (unpaired) electrons. The Morgan fingerprint density at radius 2 is 1.25 bits per heavy atom. The predicted molar refractivity (Wildman–Crippen MR) is 84.7 cm³/mol. The van der Waals surface area contributed by atoms with E-state index < -0.39 is 5.97 Å². The van der Waals surface area contributed by atoms with Crippen molar-refractivity contribution >= 4 is 18.6 Å². The monoisotopic (exact) mass is 306 g/mol. The summed E-state index contributed by atoms with van der Waals surface area (Å²) >= 11 is 4.20. The molecule has 0 rings (SSSR count). The molecule has 0 unspecified atom stereocenters. The number of hydrogen-bond acceptors (Lipinski definition) is 4. The zero-order valence-corrected chi connectivity index (χ0v) is 13.4. The highest BCUT2D eigenvalue weighted by Gasteiger charge is 1.96. The summed E-state index contributed by atoms with van der Waals surface area (Å²) in [6, 6.07) is 0. The van der Waals surface area contributed by atoms with Gasteiger partial charge in [0.2, 0.25) is 0 Å². The molecule has 20 heavy (non-hydrogen) atoms. The van der Waals surface area contributed by atoms with Gasteiger partial charge in [0.1, 0.15) is 6.61 Å². The number of carboxylic acid groups (broad SMARTS) is 1. The third kappa shape index (κ3) is 17.7. The van der Waals surface area contributed by atoms with Crippen molar-refractivity contribution in [3.05, 3.63) is 0 Å². The summed E-state index contributed by atoms with van der Waals surface area (Å²) < 4.78 is 10.2. The van der Waals surface area contributed by atoms with Crippen LogP contribution in [0.1, 0.15) is 57.8 Å². The first-order valence-corrected chi connectivity index (χ1v) is 8.38. The molecule has 0 aliphatic carbocycles. The molecule has 0 aromatic carbocycles. The van der Waals surface area contributed by atoms with Crippen molar-refractivity contribution in [2.45, 2.75) is 57.8 Å². The maximum atomic E-state index is 10.2. The standard InChI is InChI=1S/C15H30O4S/c16-15(17)14-19-12-11-18-10-8-6-4-2-1-3-5-7-9-13-20/h20H,1-14H2,(H,16,17). The number of aliphatic carboxylic acids is 1. The van der Waals surface area contributed by atoms with Crippen molar-refractivity contribution in [2.75, 3.05) is 32.2 Å². The van der Waals surface area contributed by atoms with Crippen molar-refractivity contribution < 1.29 is 19.4 Å². The van der Waals surface area contributed by atoms with Crippen LogP contribution in [0.5, 0.6) is 0 Å². The molecule has 0 amide bonds. The molecule has 0 saturated carbocycles. The van der Waals surface area contributed by atoms with Gasteiger partial charge in [0.25, 0.3) is 0 Å². The van der Waals surface area contributed by atoms with E-state index in [0.717, 1.165) is 18.8 Å². The molecule has 0 atom stereocenters. The lowest BCUT2D eigenvalue weighted by atomic mass is 10.1. The van der Waals surface area contributed by atoms with E-state index in [1.54, 1.807) is 0 Å². The topological polar surface area (TPSA) is 55.8 Å². The number of rotatable bonds is 16. The largest absolute Gasteiger partial charge is 0.480 e. The number of hydrogen-bond donors (Lipinski definition) is 2. The molecular formula is C15H30O4S. The van der Waals surface area contributed by atoms with Gasteiger partial charge in [-0.15, -0.1) is 0 Å². The lowest BCUT2D eigenvalue weighted by molar-refractivity contribution is -0.142. The predicted octanol–water partition coefficient (Wildman–Crippen LogP) is 3.54. The van der Waals surface area contributed by atoms with Crippen LogP contribution in [0.15, 0.2) is 0 Å². The molecule has 0 bridgehead atoms. The molecule has 1 N–H and O–H groups in total. The minimum absolute atomic E-state index is 0.239. The second-order valence-electron chi connectivity index (χ2n) is 4.96. The summed E-state index contributed by atoms with van der Waals surface area (Å²) in [5.74, 6) is 0.0806. The minimum Gasteiger partial charge on any atom is -0.480 e. The molecule has 0 spiro atoms. The van der Waals surface area contributed by atoms with Gasteiger partial charge in [0.15, 0.2) is 0 Å². The van der Waals surface area contributed by atoms with E-state index in [9.17, 15) is 4.79 Å². The Labute approximate surface area is 128 Å². The first kappa shape index (κ1) is 19.7. The van der Waals surface area contributed by atoms with Crippen LogP contribution in [0.2, 0.25) is 0 Å². The first-order valence-electron chi connectivity index (χ1n) is 7.75. The highest BCUT2D eigenvalue weighted by molar-refractivity contribution is 7.80. The van der Waals surface area contributed by atoms with Crippen molar-refractivity contribution in [2.24, 2.45) is 0 Å². The summed E-state index contributed by atoms with van der Waals surface area (Å²) in [4.78, 5) is 10.2. The molecule has 4 nitrogen and oxygen atoms in total. The molecule has 0 aromatic rings. The Bertz CT molecular complexity index is 212. The zero-order chi connectivity index (χ0) is 14.9. The van der Waals surface area contributed by atoms with Crippen molar-refractivity contribution in [3.8, 4) is 0 Å². The van der Waals surface area contributed by atoms with Gasteiger partial charge in [-0.1, -0.05) is 44.9 Å². The average molecular weight is 306 g/mol. The van der Waals surface area contributed by atoms with Crippen molar-refractivity contribution in [3.63, 3.8) is 0 Å². The van der Waals surface area contributed by atoms with Gasteiger partial charge in [0, 0.05) is 6.61 Å². The summed E-state index contributed by atoms with van der Waals surface area (Å²) in [7, 11) is 0. The highest BCUT2D eigenvalue weighted by Crippen LogP contribution is 2.09.